The molecule has 0 saturated carbocycles. The van der Waals surface area contributed by atoms with Crippen molar-refractivity contribution in [3.63, 3.8) is 0 Å². The van der Waals surface area contributed by atoms with E-state index < -0.39 is 24.2 Å². The van der Waals surface area contributed by atoms with Crippen LogP contribution in [0.2, 0.25) is 0 Å². The number of carbonyl (C=O) groups is 1. The number of rotatable bonds is 2. The van der Waals surface area contributed by atoms with Gasteiger partial charge in [0, 0.05) is 6.42 Å². The Balaban J connectivity index is 2.91. The smallest absolute Gasteiger partial charge is 0.289 e. The Labute approximate surface area is 83.7 Å². The van der Waals surface area contributed by atoms with Crippen LogP contribution in [-0.2, 0) is 11.2 Å². The summed E-state index contributed by atoms with van der Waals surface area (Å²) in [5.41, 5.74) is -0.000186. The van der Waals surface area contributed by atoms with Crippen LogP contribution in [0.5, 0.6) is 0 Å². The molecular formula is C10H8F4O. The third-order valence-corrected chi connectivity index (χ3v) is 1.94. The van der Waals surface area contributed by atoms with E-state index in [4.69, 9.17) is 0 Å². The third-order valence-electron chi connectivity index (χ3n) is 1.94. The second-order valence-electron chi connectivity index (χ2n) is 3.15. The van der Waals surface area contributed by atoms with Gasteiger partial charge in [0.15, 0.2) is 0 Å². The average Bonchev–Trinajstić information content (AvgIpc) is 2.11. The lowest BCUT2D eigenvalue weighted by Gasteiger charge is -2.07. The molecule has 0 fully saturated rings. The molecule has 0 N–H and O–H groups in total. The SMILES string of the molecule is Cc1cccc(CC(=O)C(F)(F)F)c1F. The van der Waals surface area contributed by atoms with E-state index in [1.54, 1.807) is 0 Å². The molecule has 0 amide bonds. The monoisotopic (exact) mass is 220 g/mol. The van der Waals surface area contributed by atoms with Gasteiger partial charge in [-0.05, 0) is 18.1 Å². The fourth-order valence-electron chi connectivity index (χ4n) is 1.12. The molecule has 0 saturated heterocycles. The van der Waals surface area contributed by atoms with E-state index in [9.17, 15) is 22.4 Å². The summed E-state index contributed by atoms with van der Waals surface area (Å²) in [5, 5.41) is 0. The predicted molar refractivity (Wildman–Crippen MR) is 45.9 cm³/mol. The van der Waals surface area contributed by atoms with Crippen molar-refractivity contribution in [2.75, 3.05) is 0 Å². The summed E-state index contributed by atoms with van der Waals surface area (Å²) in [4.78, 5) is 10.6. The average molecular weight is 220 g/mol. The Morgan fingerprint density at radius 1 is 1.33 bits per heavy atom. The van der Waals surface area contributed by atoms with E-state index in [1.807, 2.05) is 0 Å². The topological polar surface area (TPSA) is 17.1 Å². The van der Waals surface area contributed by atoms with Gasteiger partial charge in [-0.15, -0.1) is 0 Å². The summed E-state index contributed by atoms with van der Waals surface area (Å²) in [6.45, 7) is 1.43. The van der Waals surface area contributed by atoms with Crippen molar-refractivity contribution in [2.45, 2.75) is 19.5 Å². The van der Waals surface area contributed by atoms with Gasteiger partial charge in [-0.1, -0.05) is 18.2 Å². The summed E-state index contributed by atoms with van der Waals surface area (Å²) in [6, 6.07) is 4.01. The second-order valence-corrected chi connectivity index (χ2v) is 3.15. The van der Waals surface area contributed by atoms with Crippen molar-refractivity contribution in [1.29, 1.82) is 0 Å². The quantitative estimate of drug-likeness (QED) is 0.700. The minimum Gasteiger partial charge on any atom is -0.289 e. The Hall–Kier alpha value is -1.39. The molecule has 0 aliphatic rings. The number of ketones is 1. The zero-order valence-corrected chi connectivity index (χ0v) is 7.86. The number of halogens is 4. The molecule has 82 valence electrons. The molecule has 0 radical (unpaired) electrons. The summed E-state index contributed by atoms with van der Waals surface area (Å²) < 4.78 is 48.9. The van der Waals surface area contributed by atoms with Crippen LogP contribution in [0.25, 0.3) is 0 Å². The van der Waals surface area contributed by atoms with E-state index in [2.05, 4.69) is 0 Å². The van der Waals surface area contributed by atoms with Gasteiger partial charge in [-0.25, -0.2) is 4.39 Å². The molecule has 1 aromatic rings. The standard InChI is InChI=1S/C10H8F4O/c1-6-3-2-4-7(9(6)11)5-8(15)10(12,13)14/h2-4H,5H2,1H3. The Kier molecular flexibility index (Phi) is 3.12. The normalized spacial score (nSPS) is 11.5. The van der Waals surface area contributed by atoms with E-state index in [1.165, 1.54) is 25.1 Å². The van der Waals surface area contributed by atoms with Crippen LogP contribution in [0.4, 0.5) is 17.6 Å². The zero-order valence-electron chi connectivity index (χ0n) is 7.86. The van der Waals surface area contributed by atoms with E-state index in [-0.39, 0.29) is 11.1 Å². The van der Waals surface area contributed by atoms with Crippen molar-refractivity contribution in [3.8, 4) is 0 Å². The lowest BCUT2D eigenvalue weighted by atomic mass is 10.1. The lowest BCUT2D eigenvalue weighted by molar-refractivity contribution is -0.170. The van der Waals surface area contributed by atoms with Gasteiger partial charge in [-0.3, -0.25) is 4.79 Å². The lowest BCUT2D eigenvalue weighted by Crippen LogP contribution is -2.25. The third kappa shape index (κ3) is 2.78. The van der Waals surface area contributed by atoms with Crippen molar-refractivity contribution >= 4 is 5.78 Å². The van der Waals surface area contributed by atoms with Crippen LogP contribution in [0.15, 0.2) is 18.2 Å². The van der Waals surface area contributed by atoms with Crippen molar-refractivity contribution in [3.05, 3.63) is 35.1 Å². The zero-order chi connectivity index (χ0) is 11.6. The largest absolute Gasteiger partial charge is 0.450 e. The van der Waals surface area contributed by atoms with Gasteiger partial charge in [0.2, 0.25) is 5.78 Å². The van der Waals surface area contributed by atoms with Gasteiger partial charge in [-0.2, -0.15) is 13.2 Å². The number of hydrogen-bond acceptors (Lipinski definition) is 1. The van der Waals surface area contributed by atoms with Gasteiger partial charge >= 0.3 is 6.18 Å². The van der Waals surface area contributed by atoms with Crippen LogP contribution < -0.4 is 0 Å². The molecule has 0 aliphatic heterocycles. The molecule has 1 rings (SSSR count). The maximum absolute atomic E-state index is 13.2. The molecule has 0 spiro atoms. The van der Waals surface area contributed by atoms with Gasteiger partial charge in [0.25, 0.3) is 0 Å². The number of carbonyl (C=O) groups excluding carboxylic acids is 1. The maximum Gasteiger partial charge on any atom is 0.450 e. The molecule has 0 heterocycles. The Bertz CT molecular complexity index is 381. The summed E-state index contributed by atoms with van der Waals surface area (Å²) in [7, 11) is 0. The van der Waals surface area contributed by atoms with Gasteiger partial charge < -0.3 is 0 Å². The Morgan fingerprint density at radius 2 is 1.93 bits per heavy atom. The molecule has 0 aliphatic carbocycles. The van der Waals surface area contributed by atoms with Crippen molar-refractivity contribution in [2.24, 2.45) is 0 Å². The fraction of sp³-hybridized carbons (Fsp3) is 0.300. The molecule has 15 heavy (non-hydrogen) atoms. The molecule has 0 unspecified atom stereocenters. The van der Waals surface area contributed by atoms with Crippen molar-refractivity contribution < 1.29 is 22.4 Å². The van der Waals surface area contributed by atoms with Crippen molar-refractivity contribution in [1.82, 2.24) is 0 Å². The predicted octanol–water partition coefficient (Wildman–Crippen LogP) is 2.81. The molecular weight excluding hydrogens is 212 g/mol. The molecule has 1 aromatic carbocycles. The Morgan fingerprint density at radius 3 is 2.47 bits per heavy atom. The maximum atomic E-state index is 13.2. The molecule has 1 nitrogen and oxygen atoms in total. The van der Waals surface area contributed by atoms with E-state index in [0.29, 0.717) is 0 Å². The number of benzene rings is 1. The highest BCUT2D eigenvalue weighted by Gasteiger charge is 2.38. The first-order valence-electron chi connectivity index (χ1n) is 4.16. The van der Waals surface area contributed by atoms with Gasteiger partial charge in [0.05, 0.1) is 0 Å². The number of aryl methyl sites for hydroxylation is 1. The summed E-state index contributed by atoms with van der Waals surface area (Å²) in [6.07, 6.45) is -5.85. The highest BCUT2D eigenvalue weighted by Crippen LogP contribution is 2.20. The van der Waals surface area contributed by atoms with E-state index >= 15 is 0 Å². The summed E-state index contributed by atoms with van der Waals surface area (Å²) in [5.74, 6) is -2.69. The van der Waals surface area contributed by atoms with E-state index in [0.717, 1.165) is 0 Å². The fourth-order valence-corrected chi connectivity index (χ4v) is 1.12. The second kappa shape index (κ2) is 4.00. The first-order valence-corrected chi connectivity index (χ1v) is 4.16. The highest BCUT2D eigenvalue weighted by atomic mass is 19.4. The number of Topliss-reactive ketones (excluding diaryl/α,β-unsaturated/α-hetero) is 1. The number of alkyl halides is 3. The number of hydrogen-bond donors (Lipinski definition) is 0. The van der Waals surface area contributed by atoms with Crippen LogP contribution in [0.3, 0.4) is 0 Å². The minimum atomic E-state index is -4.91. The van der Waals surface area contributed by atoms with Crippen LogP contribution in [-0.4, -0.2) is 12.0 Å². The van der Waals surface area contributed by atoms with Crippen LogP contribution in [0, 0.1) is 12.7 Å². The van der Waals surface area contributed by atoms with Crippen LogP contribution in [0.1, 0.15) is 11.1 Å². The van der Waals surface area contributed by atoms with Crippen LogP contribution >= 0.6 is 0 Å². The molecule has 0 atom stereocenters. The highest BCUT2D eigenvalue weighted by molar-refractivity contribution is 5.86. The molecule has 0 aromatic heterocycles. The van der Waals surface area contributed by atoms with Gasteiger partial charge in [0.1, 0.15) is 5.82 Å². The summed E-state index contributed by atoms with van der Waals surface area (Å²) >= 11 is 0. The molecule has 0 bridgehead atoms. The minimum absolute atomic E-state index is 0.225. The first-order chi connectivity index (χ1) is 6.82. The first kappa shape index (κ1) is 11.7. The molecule has 5 heteroatoms.